The molecule has 16 heavy (non-hydrogen) atoms. The molecule has 0 spiro atoms. The second-order valence-electron chi connectivity index (χ2n) is 5.28. The third-order valence-corrected chi connectivity index (χ3v) is 4.11. The van der Waals surface area contributed by atoms with Crippen molar-refractivity contribution < 1.29 is 14.6 Å². The molecule has 0 aromatic carbocycles. The average molecular weight is 226 g/mol. The smallest absolute Gasteiger partial charge is 0.126 e. The molecular weight excluding hydrogens is 204 g/mol. The van der Waals surface area contributed by atoms with E-state index in [9.17, 15) is 9.90 Å². The molecule has 2 fully saturated rings. The van der Waals surface area contributed by atoms with E-state index >= 15 is 0 Å². The molecule has 0 bridgehead atoms. The van der Waals surface area contributed by atoms with E-state index in [0.717, 1.165) is 51.4 Å². The summed E-state index contributed by atoms with van der Waals surface area (Å²) in [4.78, 5) is 11.2. The molecule has 92 valence electrons. The minimum absolute atomic E-state index is 0.188. The van der Waals surface area contributed by atoms with Crippen molar-refractivity contribution in [2.45, 2.75) is 63.1 Å². The first kappa shape index (κ1) is 12.1. The molecule has 0 amide bonds. The lowest BCUT2D eigenvalue weighted by molar-refractivity contribution is -0.124. The number of aliphatic hydroxyl groups is 1. The number of hydrogen-bond acceptors (Lipinski definition) is 3. The zero-order chi connectivity index (χ0) is 11.4. The molecule has 1 unspecified atom stereocenters. The molecule has 1 heterocycles. The molecule has 1 aliphatic carbocycles. The monoisotopic (exact) mass is 226 g/mol. The fourth-order valence-electron chi connectivity index (χ4n) is 3.04. The second kappa shape index (κ2) is 5.28. The van der Waals surface area contributed by atoms with Gasteiger partial charge in [-0.2, -0.15) is 0 Å². The van der Waals surface area contributed by atoms with Gasteiger partial charge in [-0.05, 0) is 38.5 Å². The van der Waals surface area contributed by atoms with Crippen LogP contribution in [0, 0.1) is 5.92 Å². The van der Waals surface area contributed by atoms with Gasteiger partial charge in [-0.1, -0.05) is 12.8 Å². The summed E-state index contributed by atoms with van der Waals surface area (Å²) in [5, 5.41) is 10.4. The van der Waals surface area contributed by atoms with Crippen LogP contribution in [0.3, 0.4) is 0 Å². The van der Waals surface area contributed by atoms with Gasteiger partial charge < -0.3 is 14.6 Å². The minimum Gasteiger partial charge on any atom is -0.389 e. The van der Waals surface area contributed by atoms with Gasteiger partial charge in [0, 0.05) is 12.5 Å². The number of ether oxygens (including phenoxy) is 1. The maximum Gasteiger partial charge on any atom is 0.126 e. The fraction of sp³-hybridized carbons (Fsp3) is 0.923. The molecule has 2 atom stereocenters. The van der Waals surface area contributed by atoms with Crippen LogP contribution in [0.15, 0.2) is 0 Å². The summed E-state index contributed by atoms with van der Waals surface area (Å²) in [6, 6.07) is 0. The molecule has 3 heteroatoms. The van der Waals surface area contributed by atoms with Crippen molar-refractivity contribution in [3.8, 4) is 0 Å². The Morgan fingerprint density at radius 2 is 2.06 bits per heavy atom. The Balaban J connectivity index is 1.91. The first-order chi connectivity index (χ1) is 7.74. The highest BCUT2D eigenvalue weighted by atomic mass is 16.5. The highest BCUT2D eigenvalue weighted by Crippen LogP contribution is 2.38. The van der Waals surface area contributed by atoms with Gasteiger partial charge in [0.2, 0.25) is 0 Å². The van der Waals surface area contributed by atoms with Gasteiger partial charge in [-0.3, -0.25) is 0 Å². The maximum atomic E-state index is 11.2. The van der Waals surface area contributed by atoms with E-state index in [1.165, 1.54) is 6.42 Å². The molecule has 0 radical (unpaired) electrons. The molecule has 0 aromatic rings. The topological polar surface area (TPSA) is 46.5 Å². The highest BCUT2D eigenvalue weighted by Gasteiger charge is 2.40. The molecule has 1 saturated heterocycles. The Morgan fingerprint density at radius 1 is 1.31 bits per heavy atom. The summed E-state index contributed by atoms with van der Waals surface area (Å²) in [6.07, 6.45) is 8.86. The third-order valence-electron chi connectivity index (χ3n) is 4.11. The third kappa shape index (κ3) is 2.64. The van der Waals surface area contributed by atoms with Crippen molar-refractivity contribution in [2.75, 3.05) is 6.61 Å². The standard InChI is InChI=1S/C13H22O3/c14-10-11(13(15)6-2-3-7-13)9-12-5-1-4-8-16-12/h10-12,15H,1-9H2/t11?,12-/m0/s1. The van der Waals surface area contributed by atoms with Gasteiger partial charge in [0.25, 0.3) is 0 Å². The number of carbonyl (C=O) groups is 1. The normalized spacial score (nSPS) is 31.2. The largest absolute Gasteiger partial charge is 0.389 e. The van der Waals surface area contributed by atoms with Crippen LogP contribution in [0.5, 0.6) is 0 Å². The number of aldehydes is 1. The molecule has 0 aromatic heterocycles. The van der Waals surface area contributed by atoms with Crippen molar-refractivity contribution in [2.24, 2.45) is 5.92 Å². The van der Waals surface area contributed by atoms with Crippen LogP contribution in [0.1, 0.15) is 51.4 Å². The summed E-state index contributed by atoms with van der Waals surface area (Å²) in [7, 11) is 0. The lowest BCUT2D eigenvalue weighted by atomic mass is 9.82. The van der Waals surface area contributed by atoms with Crippen LogP contribution in [-0.2, 0) is 9.53 Å². The van der Waals surface area contributed by atoms with Crippen LogP contribution in [0.25, 0.3) is 0 Å². The number of carbonyl (C=O) groups excluding carboxylic acids is 1. The zero-order valence-electron chi connectivity index (χ0n) is 9.86. The average Bonchev–Trinajstić information content (AvgIpc) is 2.75. The van der Waals surface area contributed by atoms with Crippen molar-refractivity contribution in [3.05, 3.63) is 0 Å². The molecule has 1 aliphatic heterocycles. The number of rotatable bonds is 4. The lowest BCUT2D eigenvalue weighted by Crippen LogP contribution is -2.39. The zero-order valence-corrected chi connectivity index (χ0v) is 9.86. The molecule has 2 rings (SSSR count). The van der Waals surface area contributed by atoms with Gasteiger partial charge >= 0.3 is 0 Å². The number of hydrogen-bond donors (Lipinski definition) is 1. The van der Waals surface area contributed by atoms with Crippen molar-refractivity contribution in [1.82, 2.24) is 0 Å². The maximum absolute atomic E-state index is 11.2. The van der Waals surface area contributed by atoms with Crippen LogP contribution < -0.4 is 0 Å². The van der Waals surface area contributed by atoms with E-state index in [-0.39, 0.29) is 12.0 Å². The van der Waals surface area contributed by atoms with E-state index < -0.39 is 5.60 Å². The van der Waals surface area contributed by atoms with Gasteiger partial charge in [0.05, 0.1) is 11.7 Å². The quantitative estimate of drug-likeness (QED) is 0.746. The Kier molecular flexibility index (Phi) is 3.98. The summed E-state index contributed by atoms with van der Waals surface area (Å²) in [5.41, 5.74) is -0.734. The van der Waals surface area contributed by atoms with E-state index in [1.807, 2.05) is 0 Å². The summed E-state index contributed by atoms with van der Waals surface area (Å²) in [5.74, 6) is -0.224. The van der Waals surface area contributed by atoms with Gasteiger partial charge in [-0.25, -0.2) is 0 Å². The predicted molar refractivity (Wildman–Crippen MR) is 61.2 cm³/mol. The van der Waals surface area contributed by atoms with E-state index in [4.69, 9.17) is 4.74 Å². The van der Waals surface area contributed by atoms with Crippen LogP contribution in [0.4, 0.5) is 0 Å². The molecule has 1 saturated carbocycles. The SMILES string of the molecule is O=CC(C[C@@H]1CCCCO1)C1(O)CCCC1. The minimum atomic E-state index is -0.734. The molecular formula is C13H22O3. The Hall–Kier alpha value is -0.410. The van der Waals surface area contributed by atoms with Crippen LogP contribution in [-0.4, -0.2) is 29.7 Å². The highest BCUT2D eigenvalue weighted by molar-refractivity contribution is 5.56. The molecule has 3 nitrogen and oxygen atoms in total. The Morgan fingerprint density at radius 3 is 2.62 bits per heavy atom. The summed E-state index contributed by atoms with van der Waals surface area (Å²) < 4.78 is 5.64. The predicted octanol–water partition coefficient (Wildman–Crippen LogP) is 2.07. The molecule has 2 aliphatic rings. The van der Waals surface area contributed by atoms with Crippen LogP contribution >= 0.6 is 0 Å². The van der Waals surface area contributed by atoms with E-state index in [1.54, 1.807) is 0 Å². The summed E-state index contributed by atoms with van der Waals surface area (Å²) in [6.45, 7) is 0.814. The fourth-order valence-corrected chi connectivity index (χ4v) is 3.04. The van der Waals surface area contributed by atoms with Gasteiger partial charge in [0.15, 0.2) is 0 Å². The van der Waals surface area contributed by atoms with Gasteiger partial charge in [0.1, 0.15) is 6.29 Å². The molecule has 1 N–H and O–H groups in total. The first-order valence-electron chi connectivity index (χ1n) is 6.54. The Labute approximate surface area is 97.2 Å². The van der Waals surface area contributed by atoms with E-state index in [2.05, 4.69) is 0 Å². The summed E-state index contributed by atoms with van der Waals surface area (Å²) >= 11 is 0. The lowest BCUT2D eigenvalue weighted by Gasteiger charge is -2.32. The van der Waals surface area contributed by atoms with Crippen molar-refractivity contribution in [3.63, 3.8) is 0 Å². The Bertz CT molecular complexity index is 227. The van der Waals surface area contributed by atoms with Gasteiger partial charge in [-0.15, -0.1) is 0 Å². The van der Waals surface area contributed by atoms with Crippen LogP contribution in [0.2, 0.25) is 0 Å². The van der Waals surface area contributed by atoms with E-state index in [0.29, 0.717) is 6.42 Å². The van der Waals surface area contributed by atoms with Crippen molar-refractivity contribution >= 4 is 6.29 Å². The first-order valence-corrected chi connectivity index (χ1v) is 6.54. The second-order valence-corrected chi connectivity index (χ2v) is 5.28. The van der Waals surface area contributed by atoms with Crippen molar-refractivity contribution in [1.29, 1.82) is 0 Å².